The van der Waals surface area contributed by atoms with Crippen molar-refractivity contribution in [3.63, 3.8) is 0 Å². The second-order valence-electron chi connectivity index (χ2n) is 7.14. The summed E-state index contributed by atoms with van der Waals surface area (Å²) in [5.41, 5.74) is 0. The Hall–Kier alpha value is 0.430. The molecule has 0 aromatic carbocycles. The van der Waals surface area contributed by atoms with Gasteiger partial charge in [-0.15, -0.1) is 9.24 Å². The van der Waals surface area contributed by atoms with Gasteiger partial charge in [0, 0.05) is 0 Å². The van der Waals surface area contributed by atoms with E-state index in [0.29, 0.717) is 5.16 Å². The standard InChI is InChI=1S/C16H31P/c1-16(2,17)15(13-9-5-3-6-10-13)14-11-7-4-8-12-14/h13-15H,3-12,17H2,1-2H3. The van der Waals surface area contributed by atoms with Crippen LogP contribution in [0.1, 0.15) is 78.1 Å². The van der Waals surface area contributed by atoms with Gasteiger partial charge in [-0.3, -0.25) is 0 Å². The van der Waals surface area contributed by atoms with E-state index in [4.69, 9.17) is 0 Å². The Kier molecular flexibility index (Phi) is 4.93. The van der Waals surface area contributed by atoms with Gasteiger partial charge in [0.1, 0.15) is 0 Å². The lowest BCUT2D eigenvalue weighted by atomic mass is 9.65. The van der Waals surface area contributed by atoms with Crippen molar-refractivity contribution in [2.75, 3.05) is 0 Å². The van der Waals surface area contributed by atoms with Crippen molar-refractivity contribution in [2.45, 2.75) is 83.2 Å². The Morgan fingerprint density at radius 2 is 1.12 bits per heavy atom. The van der Waals surface area contributed by atoms with Gasteiger partial charge in [-0.05, 0) is 22.9 Å². The molecular formula is C16H31P. The first kappa shape index (κ1) is 13.9. The van der Waals surface area contributed by atoms with Crippen molar-refractivity contribution >= 4 is 9.24 Å². The lowest BCUT2D eigenvalue weighted by Gasteiger charge is -2.45. The highest BCUT2D eigenvalue weighted by Crippen LogP contribution is 2.47. The summed E-state index contributed by atoms with van der Waals surface area (Å²) in [5, 5.41) is 0.448. The average Bonchev–Trinajstić information content (AvgIpc) is 2.30. The van der Waals surface area contributed by atoms with E-state index in [2.05, 4.69) is 23.1 Å². The van der Waals surface area contributed by atoms with E-state index in [1.165, 1.54) is 64.2 Å². The van der Waals surface area contributed by atoms with Crippen LogP contribution in [-0.4, -0.2) is 5.16 Å². The predicted molar refractivity (Wildman–Crippen MR) is 80.4 cm³/mol. The van der Waals surface area contributed by atoms with Crippen molar-refractivity contribution in [3.8, 4) is 0 Å². The molecule has 2 aliphatic carbocycles. The Morgan fingerprint density at radius 3 is 1.41 bits per heavy atom. The molecule has 0 aromatic heterocycles. The molecule has 1 unspecified atom stereocenters. The summed E-state index contributed by atoms with van der Waals surface area (Å²) in [4.78, 5) is 0. The fourth-order valence-corrected chi connectivity index (χ4v) is 5.13. The molecule has 0 spiro atoms. The third-order valence-corrected chi connectivity index (χ3v) is 5.56. The van der Waals surface area contributed by atoms with Crippen LogP contribution in [0, 0.1) is 17.8 Å². The van der Waals surface area contributed by atoms with Gasteiger partial charge in [-0.1, -0.05) is 78.1 Å². The fraction of sp³-hybridized carbons (Fsp3) is 1.00. The molecule has 2 aliphatic rings. The summed E-state index contributed by atoms with van der Waals surface area (Å²) in [5.74, 6) is 3.02. The molecule has 0 amide bonds. The molecular weight excluding hydrogens is 223 g/mol. The molecule has 0 heterocycles. The normalized spacial score (nSPS) is 25.4. The molecule has 17 heavy (non-hydrogen) atoms. The van der Waals surface area contributed by atoms with Crippen molar-refractivity contribution in [2.24, 2.45) is 17.8 Å². The van der Waals surface area contributed by atoms with Crippen molar-refractivity contribution in [3.05, 3.63) is 0 Å². The highest BCUT2D eigenvalue weighted by Gasteiger charge is 2.38. The average molecular weight is 254 g/mol. The van der Waals surface area contributed by atoms with E-state index in [-0.39, 0.29) is 0 Å². The van der Waals surface area contributed by atoms with E-state index < -0.39 is 0 Å². The summed E-state index contributed by atoms with van der Waals surface area (Å²) >= 11 is 0. The second-order valence-corrected chi connectivity index (χ2v) is 8.63. The minimum atomic E-state index is 0.448. The zero-order valence-electron chi connectivity index (χ0n) is 11.9. The highest BCUT2D eigenvalue weighted by molar-refractivity contribution is 7.18. The lowest BCUT2D eigenvalue weighted by molar-refractivity contribution is 0.116. The summed E-state index contributed by atoms with van der Waals surface area (Å²) in [7, 11) is 3.17. The predicted octanol–water partition coefficient (Wildman–Crippen LogP) is 5.42. The molecule has 2 saturated carbocycles. The Labute approximate surface area is 111 Å². The van der Waals surface area contributed by atoms with E-state index in [9.17, 15) is 0 Å². The van der Waals surface area contributed by atoms with Gasteiger partial charge in [-0.2, -0.15) is 0 Å². The first-order valence-electron chi connectivity index (χ1n) is 7.88. The van der Waals surface area contributed by atoms with Crippen LogP contribution in [0.3, 0.4) is 0 Å². The topological polar surface area (TPSA) is 0 Å². The molecule has 0 N–H and O–H groups in total. The zero-order chi connectivity index (χ0) is 12.3. The van der Waals surface area contributed by atoms with E-state index in [1.807, 2.05) is 0 Å². The SMILES string of the molecule is CC(C)(P)C(C1CCCCC1)C1CCCCC1. The quantitative estimate of drug-likeness (QED) is 0.590. The lowest BCUT2D eigenvalue weighted by Crippen LogP contribution is -2.39. The maximum absolute atomic E-state index is 3.17. The third-order valence-electron chi connectivity index (χ3n) is 5.17. The van der Waals surface area contributed by atoms with Gasteiger partial charge in [0.25, 0.3) is 0 Å². The van der Waals surface area contributed by atoms with Gasteiger partial charge in [0.15, 0.2) is 0 Å². The zero-order valence-corrected chi connectivity index (χ0v) is 13.0. The smallest absolute Gasteiger partial charge is 0.0173 e. The first-order valence-corrected chi connectivity index (χ1v) is 8.45. The largest absolute Gasteiger partial charge is 0.131 e. The molecule has 2 fully saturated rings. The summed E-state index contributed by atoms with van der Waals surface area (Å²) < 4.78 is 0. The monoisotopic (exact) mass is 254 g/mol. The van der Waals surface area contributed by atoms with Gasteiger partial charge in [-0.25, -0.2) is 0 Å². The van der Waals surface area contributed by atoms with Gasteiger partial charge >= 0.3 is 0 Å². The maximum atomic E-state index is 3.17. The molecule has 1 atom stereocenters. The van der Waals surface area contributed by atoms with Crippen LogP contribution in [-0.2, 0) is 0 Å². The van der Waals surface area contributed by atoms with Crippen molar-refractivity contribution in [1.82, 2.24) is 0 Å². The second kappa shape index (κ2) is 6.05. The molecule has 0 nitrogen and oxygen atoms in total. The molecule has 0 saturated heterocycles. The molecule has 2 rings (SSSR count). The minimum absolute atomic E-state index is 0.448. The van der Waals surface area contributed by atoms with E-state index in [1.54, 1.807) is 0 Å². The molecule has 0 bridgehead atoms. The van der Waals surface area contributed by atoms with Crippen LogP contribution < -0.4 is 0 Å². The Morgan fingerprint density at radius 1 is 0.765 bits per heavy atom. The summed E-state index contributed by atoms with van der Waals surface area (Å²) in [6.45, 7) is 4.93. The number of rotatable bonds is 3. The maximum Gasteiger partial charge on any atom is -0.0173 e. The molecule has 0 radical (unpaired) electrons. The van der Waals surface area contributed by atoms with Crippen molar-refractivity contribution < 1.29 is 0 Å². The van der Waals surface area contributed by atoms with Crippen LogP contribution >= 0.6 is 9.24 Å². The molecule has 100 valence electrons. The van der Waals surface area contributed by atoms with Crippen LogP contribution in [0.5, 0.6) is 0 Å². The summed E-state index contributed by atoms with van der Waals surface area (Å²) in [6.07, 6.45) is 15.0. The molecule has 0 aliphatic heterocycles. The van der Waals surface area contributed by atoms with Crippen molar-refractivity contribution in [1.29, 1.82) is 0 Å². The van der Waals surface area contributed by atoms with Crippen LogP contribution in [0.25, 0.3) is 0 Å². The van der Waals surface area contributed by atoms with E-state index in [0.717, 1.165) is 17.8 Å². The van der Waals surface area contributed by atoms with Gasteiger partial charge in [0.2, 0.25) is 0 Å². The van der Waals surface area contributed by atoms with Gasteiger partial charge in [0.05, 0.1) is 0 Å². The van der Waals surface area contributed by atoms with Gasteiger partial charge < -0.3 is 0 Å². The number of hydrogen-bond acceptors (Lipinski definition) is 0. The minimum Gasteiger partial charge on any atom is -0.131 e. The Bertz CT molecular complexity index is 198. The van der Waals surface area contributed by atoms with Crippen LogP contribution in [0.4, 0.5) is 0 Å². The van der Waals surface area contributed by atoms with Crippen LogP contribution in [0.2, 0.25) is 0 Å². The Balaban J connectivity index is 2.06. The van der Waals surface area contributed by atoms with E-state index >= 15 is 0 Å². The highest BCUT2D eigenvalue weighted by atomic mass is 31.0. The summed E-state index contributed by atoms with van der Waals surface area (Å²) in [6, 6.07) is 0. The number of hydrogen-bond donors (Lipinski definition) is 0. The first-order chi connectivity index (χ1) is 8.09. The van der Waals surface area contributed by atoms with Crippen LogP contribution in [0.15, 0.2) is 0 Å². The fourth-order valence-electron chi connectivity index (χ4n) is 4.59. The molecule has 1 heteroatoms. The third kappa shape index (κ3) is 3.69. The molecule has 0 aromatic rings.